The molecule has 0 radical (unpaired) electrons. The van der Waals surface area contributed by atoms with Crippen LogP contribution < -0.4 is 10.0 Å². The van der Waals surface area contributed by atoms with E-state index in [4.69, 9.17) is 0 Å². The summed E-state index contributed by atoms with van der Waals surface area (Å²) in [5.74, 6) is 0. The Morgan fingerprint density at radius 1 is 1.18 bits per heavy atom. The van der Waals surface area contributed by atoms with E-state index in [2.05, 4.69) is 29.9 Å². The van der Waals surface area contributed by atoms with Gasteiger partial charge in [0.1, 0.15) is 0 Å². The monoisotopic (exact) mass is 172 g/mol. The summed E-state index contributed by atoms with van der Waals surface area (Å²) in [4.78, 5) is 0. The minimum atomic E-state index is 0.691. The van der Waals surface area contributed by atoms with Gasteiger partial charge in [-0.2, -0.15) is 0 Å². The van der Waals surface area contributed by atoms with E-state index in [1.807, 2.05) is 0 Å². The molecule has 0 aliphatic heterocycles. The van der Waals surface area contributed by atoms with Crippen LogP contribution in [-0.2, 0) is 0 Å². The normalized spacial score (nSPS) is 48.5. The smallest absolute Gasteiger partial charge is 0.0180 e. The molecule has 0 unspecified atom stereocenters. The zero-order chi connectivity index (χ0) is 7.90. The van der Waals surface area contributed by atoms with Gasteiger partial charge < -0.3 is 5.32 Å². The highest BCUT2D eigenvalue weighted by atomic mass is 32.1. The standard InChI is InChI=1S/C8H16N2S/c1-9-6-2-8(3-6)4-7(5-8)10-11/h6-7,9-11H,2-5H2,1H3. The molecule has 0 bridgehead atoms. The van der Waals surface area contributed by atoms with Crippen LogP contribution in [0.4, 0.5) is 0 Å². The molecule has 0 aromatic heterocycles. The minimum absolute atomic E-state index is 0.691. The zero-order valence-corrected chi connectivity index (χ0v) is 7.82. The van der Waals surface area contributed by atoms with Gasteiger partial charge in [-0.05, 0) is 38.1 Å². The van der Waals surface area contributed by atoms with E-state index in [1.54, 1.807) is 0 Å². The Bertz CT molecular complexity index is 127. The molecule has 0 heterocycles. The minimum Gasteiger partial charge on any atom is -0.317 e. The van der Waals surface area contributed by atoms with Crippen molar-refractivity contribution in [3.05, 3.63) is 0 Å². The van der Waals surface area contributed by atoms with Crippen molar-refractivity contribution >= 4 is 12.8 Å². The van der Waals surface area contributed by atoms with Crippen LogP contribution in [0.5, 0.6) is 0 Å². The highest BCUT2D eigenvalue weighted by molar-refractivity contribution is 7.78. The van der Waals surface area contributed by atoms with Crippen LogP contribution in [0.15, 0.2) is 0 Å². The third-order valence-corrected chi connectivity index (χ3v) is 3.67. The molecule has 2 N–H and O–H groups in total. The van der Waals surface area contributed by atoms with E-state index in [-0.39, 0.29) is 0 Å². The van der Waals surface area contributed by atoms with Crippen molar-refractivity contribution in [2.45, 2.75) is 37.8 Å². The molecule has 2 nitrogen and oxygen atoms in total. The summed E-state index contributed by atoms with van der Waals surface area (Å²) >= 11 is 4.07. The summed E-state index contributed by atoms with van der Waals surface area (Å²) < 4.78 is 3.03. The Morgan fingerprint density at radius 3 is 2.18 bits per heavy atom. The Labute approximate surface area is 73.7 Å². The first-order chi connectivity index (χ1) is 5.28. The van der Waals surface area contributed by atoms with E-state index < -0.39 is 0 Å². The molecule has 3 heteroatoms. The SMILES string of the molecule is CNC1CC2(C1)CC(NS)C2. The highest BCUT2D eigenvalue weighted by Gasteiger charge is 2.51. The van der Waals surface area contributed by atoms with Crippen molar-refractivity contribution in [1.29, 1.82) is 0 Å². The molecule has 2 rings (SSSR count). The predicted molar refractivity (Wildman–Crippen MR) is 49.7 cm³/mol. The predicted octanol–water partition coefficient (Wildman–Crippen LogP) is 0.951. The fourth-order valence-electron chi connectivity index (χ4n) is 2.60. The Morgan fingerprint density at radius 2 is 1.73 bits per heavy atom. The van der Waals surface area contributed by atoms with Crippen LogP contribution in [0, 0.1) is 5.41 Å². The summed E-state index contributed by atoms with van der Waals surface area (Å²) in [5, 5.41) is 3.32. The highest BCUT2D eigenvalue weighted by Crippen LogP contribution is 2.55. The van der Waals surface area contributed by atoms with Crippen molar-refractivity contribution in [1.82, 2.24) is 10.0 Å². The first-order valence-electron chi connectivity index (χ1n) is 4.35. The summed E-state index contributed by atoms with van der Waals surface area (Å²) in [6.45, 7) is 0. The van der Waals surface area contributed by atoms with E-state index in [0.717, 1.165) is 6.04 Å². The molecule has 2 fully saturated rings. The lowest BCUT2D eigenvalue weighted by atomic mass is 9.52. The van der Waals surface area contributed by atoms with Gasteiger partial charge in [0.25, 0.3) is 0 Å². The van der Waals surface area contributed by atoms with E-state index in [1.165, 1.54) is 25.7 Å². The Hall–Kier alpha value is 0.270. The molecule has 2 aliphatic rings. The first-order valence-corrected chi connectivity index (χ1v) is 4.80. The maximum absolute atomic E-state index is 4.07. The molecule has 2 aliphatic carbocycles. The first kappa shape index (κ1) is 7.90. The molecule has 2 saturated carbocycles. The van der Waals surface area contributed by atoms with Crippen molar-refractivity contribution < 1.29 is 0 Å². The number of hydrogen-bond acceptors (Lipinski definition) is 3. The van der Waals surface area contributed by atoms with Gasteiger partial charge in [-0.15, -0.1) is 0 Å². The van der Waals surface area contributed by atoms with Crippen molar-refractivity contribution in [3.63, 3.8) is 0 Å². The second-order valence-corrected chi connectivity index (χ2v) is 4.39. The van der Waals surface area contributed by atoms with E-state index in [9.17, 15) is 0 Å². The second-order valence-electron chi connectivity index (χ2n) is 4.13. The fourth-order valence-corrected chi connectivity index (χ4v) is 2.78. The fraction of sp³-hybridized carbons (Fsp3) is 1.00. The van der Waals surface area contributed by atoms with E-state index >= 15 is 0 Å². The van der Waals surface area contributed by atoms with Gasteiger partial charge in [0, 0.05) is 12.1 Å². The number of rotatable bonds is 2. The molecule has 0 saturated heterocycles. The summed E-state index contributed by atoms with van der Waals surface area (Å²) in [6, 6.07) is 1.49. The van der Waals surface area contributed by atoms with Gasteiger partial charge in [0.15, 0.2) is 0 Å². The summed E-state index contributed by atoms with van der Waals surface area (Å²) in [7, 11) is 2.06. The molecule has 11 heavy (non-hydrogen) atoms. The van der Waals surface area contributed by atoms with Gasteiger partial charge in [-0.1, -0.05) is 12.8 Å². The average molecular weight is 172 g/mol. The van der Waals surface area contributed by atoms with E-state index in [0.29, 0.717) is 11.5 Å². The number of thiol groups is 1. The molecule has 0 aromatic rings. The van der Waals surface area contributed by atoms with Crippen molar-refractivity contribution in [2.75, 3.05) is 7.05 Å². The quantitative estimate of drug-likeness (QED) is 0.540. The molecule has 0 aromatic carbocycles. The third-order valence-electron chi connectivity index (χ3n) is 3.31. The topological polar surface area (TPSA) is 24.1 Å². The van der Waals surface area contributed by atoms with Gasteiger partial charge in [-0.25, -0.2) is 0 Å². The molecular formula is C8H16N2S. The van der Waals surface area contributed by atoms with Crippen molar-refractivity contribution in [3.8, 4) is 0 Å². The lowest BCUT2D eigenvalue weighted by molar-refractivity contribution is -0.0194. The van der Waals surface area contributed by atoms with Gasteiger partial charge in [0.05, 0.1) is 0 Å². The summed E-state index contributed by atoms with van der Waals surface area (Å²) in [5.41, 5.74) is 0.716. The third kappa shape index (κ3) is 1.19. The number of hydrogen-bond donors (Lipinski definition) is 3. The number of nitrogens with one attached hydrogen (secondary N) is 2. The maximum atomic E-state index is 4.07. The summed E-state index contributed by atoms with van der Waals surface area (Å²) in [6.07, 6.45) is 5.45. The average Bonchev–Trinajstić information content (AvgIpc) is 1.83. The van der Waals surface area contributed by atoms with Crippen molar-refractivity contribution in [2.24, 2.45) is 5.41 Å². The van der Waals surface area contributed by atoms with Crippen LogP contribution in [0.3, 0.4) is 0 Å². The van der Waals surface area contributed by atoms with Crippen LogP contribution in [0.25, 0.3) is 0 Å². The van der Waals surface area contributed by atoms with Crippen LogP contribution in [0.2, 0.25) is 0 Å². The second kappa shape index (κ2) is 2.64. The van der Waals surface area contributed by atoms with Gasteiger partial charge in [0.2, 0.25) is 0 Å². The maximum Gasteiger partial charge on any atom is 0.0180 e. The lowest BCUT2D eigenvalue weighted by Crippen LogP contribution is -2.58. The van der Waals surface area contributed by atoms with Crippen LogP contribution in [0.1, 0.15) is 25.7 Å². The van der Waals surface area contributed by atoms with Gasteiger partial charge >= 0.3 is 0 Å². The lowest BCUT2D eigenvalue weighted by Gasteiger charge is -2.57. The molecule has 64 valence electrons. The van der Waals surface area contributed by atoms with Gasteiger partial charge in [-0.3, -0.25) is 4.72 Å². The largest absolute Gasteiger partial charge is 0.317 e. The Kier molecular flexibility index (Phi) is 1.90. The molecule has 1 spiro atoms. The van der Waals surface area contributed by atoms with Crippen LogP contribution >= 0.6 is 12.8 Å². The Balaban J connectivity index is 1.75. The molecular weight excluding hydrogens is 156 g/mol. The molecule has 0 atom stereocenters. The zero-order valence-electron chi connectivity index (χ0n) is 6.93. The van der Waals surface area contributed by atoms with Crippen LogP contribution in [-0.4, -0.2) is 19.1 Å². The molecule has 0 amide bonds.